The normalized spacial score (nSPS) is 12.7. The van der Waals surface area contributed by atoms with Crippen LogP contribution < -0.4 is 24.8 Å². The Morgan fingerprint density at radius 2 is 0.730 bits per heavy atom. The number of halogens is 2. The zero-order valence-corrected chi connectivity index (χ0v) is 27.9. The molecule has 37 heavy (non-hydrogen) atoms. The Bertz CT molecular complexity index is 447. The van der Waals surface area contributed by atoms with Crippen molar-refractivity contribution in [1.82, 2.24) is 0 Å². The fraction of sp³-hybridized carbons (Fsp3) is 1.00. The second-order valence-electron chi connectivity index (χ2n) is 13.0. The van der Waals surface area contributed by atoms with Gasteiger partial charge in [0.2, 0.25) is 0 Å². The van der Waals surface area contributed by atoms with Gasteiger partial charge in [-0.3, -0.25) is 0 Å². The van der Waals surface area contributed by atoms with Crippen LogP contribution in [0.25, 0.3) is 0 Å². The lowest BCUT2D eigenvalue weighted by Crippen LogP contribution is -3.00. The van der Waals surface area contributed by atoms with E-state index in [9.17, 15) is 5.11 Å². The van der Waals surface area contributed by atoms with Crippen LogP contribution in [0.1, 0.15) is 149 Å². The molecule has 0 radical (unpaired) electrons. The molecule has 3 nitrogen and oxygen atoms in total. The molecule has 1 N–H and O–H groups in total. The first kappa shape index (κ1) is 41.9. The smallest absolute Gasteiger partial charge is 0.108 e. The average molecular weight is 570 g/mol. The van der Waals surface area contributed by atoms with Crippen LogP contribution in [0.4, 0.5) is 0 Å². The molecule has 0 saturated carbocycles. The molecule has 0 aliphatic heterocycles. The summed E-state index contributed by atoms with van der Waals surface area (Å²) in [7, 11) is 9.32. The number of rotatable bonds is 27. The van der Waals surface area contributed by atoms with E-state index < -0.39 is 0 Å². The molecule has 5 heteroatoms. The van der Waals surface area contributed by atoms with Crippen LogP contribution in [0.15, 0.2) is 0 Å². The maximum Gasteiger partial charge on any atom is 0.108 e. The van der Waals surface area contributed by atoms with Crippen molar-refractivity contribution in [3.05, 3.63) is 0 Å². The van der Waals surface area contributed by atoms with E-state index in [1.54, 1.807) is 0 Å². The molecular weight excluding hydrogens is 499 g/mol. The molecule has 0 bridgehead atoms. The van der Waals surface area contributed by atoms with Crippen molar-refractivity contribution in [2.45, 2.75) is 155 Å². The van der Waals surface area contributed by atoms with E-state index in [1.807, 2.05) is 0 Å². The second-order valence-corrected chi connectivity index (χ2v) is 13.0. The average Bonchev–Trinajstić information content (AvgIpc) is 2.80. The third-order valence-electron chi connectivity index (χ3n) is 8.01. The van der Waals surface area contributed by atoms with Gasteiger partial charge in [0.05, 0.1) is 47.8 Å². The number of nitrogens with zero attached hydrogens (tertiary/aromatic N) is 2. The minimum absolute atomic E-state index is 0. The lowest BCUT2D eigenvalue weighted by Gasteiger charge is -2.34. The van der Waals surface area contributed by atoms with Gasteiger partial charge >= 0.3 is 0 Å². The Labute approximate surface area is 247 Å². The van der Waals surface area contributed by atoms with Crippen LogP contribution in [-0.4, -0.2) is 74.5 Å². The summed E-state index contributed by atoms with van der Waals surface area (Å²) in [5.74, 6) is 0. The molecule has 0 amide bonds. The predicted octanol–water partition coefficient (Wildman–Crippen LogP) is 2.74. The lowest BCUT2D eigenvalue weighted by atomic mass is 10.1. The van der Waals surface area contributed by atoms with E-state index in [4.69, 9.17) is 0 Å². The minimum atomic E-state index is -0.168. The Morgan fingerprint density at radius 3 is 1.08 bits per heavy atom. The van der Waals surface area contributed by atoms with Gasteiger partial charge in [0, 0.05) is 6.42 Å². The summed E-state index contributed by atoms with van der Waals surface area (Å²) in [6.45, 7) is 9.02. The maximum absolute atomic E-state index is 10.7. The van der Waals surface area contributed by atoms with Gasteiger partial charge in [-0.1, -0.05) is 117 Å². The molecule has 0 fully saturated rings. The van der Waals surface area contributed by atoms with E-state index in [2.05, 4.69) is 42.0 Å². The molecule has 0 aliphatic carbocycles. The second kappa shape index (κ2) is 28.0. The van der Waals surface area contributed by atoms with E-state index in [1.165, 1.54) is 142 Å². The van der Waals surface area contributed by atoms with Crippen LogP contribution in [0.2, 0.25) is 0 Å². The number of unbranched alkanes of at least 4 members (excludes halogenated alkanes) is 18. The lowest BCUT2D eigenvalue weighted by molar-refractivity contribution is -0.899. The molecule has 0 aromatic heterocycles. The highest BCUT2D eigenvalue weighted by Crippen LogP contribution is 2.14. The van der Waals surface area contributed by atoms with Crippen LogP contribution in [-0.2, 0) is 0 Å². The molecule has 0 aromatic carbocycles. The largest absolute Gasteiger partial charge is 1.00 e. The summed E-state index contributed by atoms with van der Waals surface area (Å²) in [4.78, 5) is 0. The molecule has 0 saturated heterocycles. The summed E-state index contributed by atoms with van der Waals surface area (Å²) in [6.07, 6.45) is 28.7. The number of hydrogen-bond acceptors (Lipinski definition) is 1. The fourth-order valence-electron chi connectivity index (χ4n) is 5.42. The minimum Gasteiger partial charge on any atom is -1.00 e. The van der Waals surface area contributed by atoms with Gasteiger partial charge in [-0.15, -0.1) is 0 Å². The van der Waals surface area contributed by atoms with Crippen molar-refractivity contribution in [3.63, 3.8) is 0 Å². The Hall–Kier alpha value is 0.460. The number of aliphatic hydroxyl groups is 1. The van der Waals surface area contributed by atoms with Crippen molar-refractivity contribution >= 4 is 0 Å². The van der Waals surface area contributed by atoms with Gasteiger partial charge in [0.1, 0.15) is 12.6 Å². The molecule has 1 unspecified atom stereocenters. The number of aliphatic hydroxyl groups excluding tert-OH is 1. The summed E-state index contributed by atoms with van der Waals surface area (Å²) in [5, 5.41) is 10.7. The molecule has 228 valence electrons. The van der Waals surface area contributed by atoms with Crippen molar-refractivity contribution in [2.24, 2.45) is 0 Å². The zero-order chi connectivity index (χ0) is 26.3. The molecule has 0 rings (SSSR count). The van der Waals surface area contributed by atoms with Crippen LogP contribution in [0.5, 0.6) is 0 Å². The fourth-order valence-corrected chi connectivity index (χ4v) is 5.42. The van der Waals surface area contributed by atoms with E-state index in [-0.39, 0.29) is 30.9 Å². The molecule has 0 aliphatic rings. The Kier molecular flexibility index (Phi) is 31.7. The molecule has 0 heterocycles. The highest BCUT2D eigenvalue weighted by molar-refractivity contribution is 4.56. The summed E-state index contributed by atoms with van der Waals surface area (Å²) in [5.41, 5.74) is 0. The molecule has 0 spiro atoms. The van der Waals surface area contributed by atoms with Gasteiger partial charge in [0.15, 0.2) is 0 Å². The van der Waals surface area contributed by atoms with Crippen LogP contribution in [0, 0.1) is 0 Å². The predicted molar refractivity (Wildman–Crippen MR) is 158 cm³/mol. The Morgan fingerprint density at radius 1 is 0.432 bits per heavy atom. The van der Waals surface area contributed by atoms with E-state index >= 15 is 0 Å². The van der Waals surface area contributed by atoms with E-state index in [0.29, 0.717) is 0 Å². The summed E-state index contributed by atoms with van der Waals surface area (Å²) in [6, 6.07) is 0. The molecular formula is C32H70Cl2N2O. The first-order valence-corrected chi connectivity index (χ1v) is 16.0. The standard InChI is InChI=1S/C32H70N2O.2ClH/c1-7-9-11-13-15-17-19-21-23-25-28-33(3,4)30-27-32(35)31-34(5,6)29-26-24-22-20-18-16-14-12-10-8-2;;/h32,35H,7-31H2,1-6H3;2*1H/q+2;;/p-2. The van der Waals surface area contributed by atoms with Crippen LogP contribution >= 0.6 is 0 Å². The third-order valence-corrected chi connectivity index (χ3v) is 8.01. The highest BCUT2D eigenvalue weighted by Gasteiger charge is 2.23. The van der Waals surface area contributed by atoms with Crippen LogP contribution in [0.3, 0.4) is 0 Å². The van der Waals surface area contributed by atoms with Gasteiger partial charge in [0.25, 0.3) is 0 Å². The SMILES string of the molecule is CCCCCCCCCCCC[N+](C)(C)CCC(O)C[N+](C)(C)CCCCCCCCCCCC.[Cl-].[Cl-]. The van der Waals surface area contributed by atoms with Gasteiger partial charge in [-0.2, -0.15) is 0 Å². The van der Waals surface area contributed by atoms with Crippen molar-refractivity contribution < 1.29 is 38.9 Å². The van der Waals surface area contributed by atoms with E-state index in [0.717, 1.165) is 28.5 Å². The van der Waals surface area contributed by atoms with Crippen molar-refractivity contribution in [2.75, 3.05) is 54.4 Å². The Balaban J connectivity index is -0.00000578. The first-order chi connectivity index (χ1) is 16.7. The monoisotopic (exact) mass is 568 g/mol. The molecule has 1 atom stereocenters. The summed E-state index contributed by atoms with van der Waals surface area (Å²) < 4.78 is 2.02. The quantitative estimate of drug-likeness (QED) is 0.119. The summed E-state index contributed by atoms with van der Waals surface area (Å²) >= 11 is 0. The maximum atomic E-state index is 10.7. The topological polar surface area (TPSA) is 20.2 Å². The molecule has 0 aromatic rings. The number of quaternary nitrogens is 2. The highest BCUT2D eigenvalue weighted by atomic mass is 35.5. The van der Waals surface area contributed by atoms with Gasteiger partial charge in [-0.25, -0.2) is 0 Å². The third kappa shape index (κ3) is 30.9. The van der Waals surface area contributed by atoms with Gasteiger partial charge < -0.3 is 38.9 Å². The first-order valence-electron chi connectivity index (χ1n) is 16.0. The van der Waals surface area contributed by atoms with Crippen molar-refractivity contribution in [3.8, 4) is 0 Å². The zero-order valence-electron chi connectivity index (χ0n) is 26.4. The van der Waals surface area contributed by atoms with Crippen molar-refractivity contribution in [1.29, 1.82) is 0 Å². The number of hydrogen-bond donors (Lipinski definition) is 1. The van der Waals surface area contributed by atoms with Gasteiger partial charge in [-0.05, 0) is 25.7 Å². The number of likely N-dealkylation sites (N-methyl/N-ethyl adjacent to an activating group) is 1.